The van der Waals surface area contributed by atoms with Gasteiger partial charge in [0.1, 0.15) is 12.3 Å². The molecule has 0 aliphatic rings. The summed E-state index contributed by atoms with van der Waals surface area (Å²) in [4.78, 5) is 24.9. The molecule has 1 aromatic carbocycles. The summed E-state index contributed by atoms with van der Waals surface area (Å²) in [6.45, 7) is 5.79. The van der Waals surface area contributed by atoms with Crippen molar-refractivity contribution in [1.82, 2.24) is 4.90 Å². The van der Waals surface area contributed by atoms with E-state index in [-0.39, 0.29) is 12.5 Å². The Morgan fingerprint density at radius 3 is 2.60 bits per heavy atom. The molecule has 0 saturated heterocycles. The standard InChI is InChI=1S/C15H21NO4/c1-5-16(10-14(17)19-4)15(18)12(3)20-13-8-6-7-11(2)9-13/h6-9,12H,5,10H2,1-4H3. The van der Waals surface area contributed by atoms with E-state index < -0.39 is 12.1 Å². The summed E-state index contributed by atoms with van der Waals surface area (Å²) in [5.74, 6) is -0.0395. The minimum atomic E-state index is -0.651. The second kappa shape index (κ2) is 7.53. The molecule has 110 valence electrons. The van der Waals surface area contributed by atoms with E-state index in [2.05, 4.69) is 4.74 Å². The number of aryl methyl sites for hydroxylation is 1. The maximum atomic E-state index is 12.2. The molecule has 5 heteroatoms. The summed E-state index contributed by atoms with van der Waals surface area (Å²) in [6, 6.07) is 7.48. The van der Waals surface area contributed by atoms with Crippen molar-refractivity contribution in [3.63, 3.8) is 0 Å². The number of rotatable bonds is 6. The maximum absolute atomic E-state index is 12.2. The van der Waals surface area contributed by atoms with Crippen LogP contribution in [-0.2, 0) is 14.3 Å². The second-order valence-corrected chi connectivity index (χ2v) is 4.51. The number of methoxy groups -OCH3 is 1. The molecule has 20 heavy (non-hydrogen) atoms. The fraction of sp³-hybridized carbons (Fsp3) is 0.467. The largest absolute Gasteiger partial charge is 0.481 e. The van der Waals surface area contributed by atoms with E-state index in [0.717, 1.165) is 5.56 Å². The zero-order chi connectivity index (χ0) is 15.1. The molecule has 0 spiro atoms. The van der Waals surface area contributed by atoms with E-state index >= 15 is 0 Å². The number of benzene rings is 1. The number of nitrogens with zero attached hydrogens (tertiary/aromatic N) is 1. The third kappa shape index (κ3) is 4.57. The average molecular weight is 279 g/mol. The normalized spacial score (nSPS) is 11.6. The molecule has 0 bridgehead atoms. The summed E-state index contributed by atoms with van der Waals surface area (Å²) in [5, 5.41) is 0. The molecular weight excluding hydrogens is 258 g/mol. The number of carbonyl (C=O) groups is 2. The van der Waals surface area contributed by atoms with Crippen LogP contribution in [0.4, 0.5) is 0 Å². The molecule has 0 heterocycles. The lowest BCUT2D eigenvalue weighted by molar-refractivity contribution is -0.149. The molecule has 1 amide bonds. The molecule has 5 nitrogen and oxygen atoms in total. The number of hydrogen-bond donors (Lipinski definition) is 0. The van der Waals surface area contributed by atoms with Gasteiger partial charge in [0.2, 0.25) is 0 Å². The minimum Gasteiger partial charge on any atom is -0.481 e. The predicted molar refractivity (Wildman–Crippen MR) is 75.5 cm³/mol. The Kier molecular flexibility index (Phi) is 6.03. The topological polar surface area (TPSA) is 55.8 Å². The maximum Gasteiger partial charge on any atom is 0.325 e. The number of carbonyl (C=O) groups excluding carboxylic acids is 2. The Morgan fingerprint density at radius 1 is 1.35 bits per heavy atom. The van der Waals surface area contributed by atoms with Gasteiger partial charge in [-0.15, -0.1) is 0 Å². The summed E-state index contributed by atoms with van der Waals surface area (Å²) in [5.41, 5.74) is 1.06. The number of amides is 1. The lowest BCUT2D eigenvalue weighted by Crippen LogP contribution is -2.43. The van der Waals surface area contributed by atoms with Crippen LogP contribution in [0.2, 0.25) is 0 Å². The SMILES string of the molecule is CCN(CC(=O)OC)C(=O)C(C)Oc1cccc(C)c1. The average Bonchev–Trinajstić information content (AvgIpc) is 2.43. The lowest BCUT2D eigenvalue weighted by Gasteiger charge is -2.23. The molecule has 0 N–H and O–H groups in total. The molecule has 1 rings (SSSR count). The van der Waals surface area contributed by atoms with Crippen molar-refractivity contribution in [2.45, 2.75) is 26.9 Å². The van der Waals surface area contributed by atoms with Crippen LogP contribution < -0.4 is 4.74 Å². The van der Waals surface area contributed by atoms with Crippen molar-refractivity contribution in [3.05, 3.63) is 29.8 Å². The number of esters is 1. The predicted octanol–water partition coefficient (Wildman–Crippen LogP) is 1.78. The van der Waals surface area contributed by atoms with E-state index in [1.165, 1.54) is 12.0 Å². The van der Waals surface area contributed by atoms with Crippen LogP contribution in [0.1, 0.15) is 19.4 Å². The minimum absolute atomic E-state index is 0.0622. The van der Waals surface area contributed by atoms with Gasteiger partial charge >= 0.3 is 5.97 Å². The van der Waals surface area contributed by atoms with Crippen LogP contribution in [0, 0.1) is 6.92 Å². The molecule has 1 atom stereocenters. The van der Waals surface area contributed by atoms with Gasteiger partial charge in [0.15, 0.2) is 6.10 Å². The first-order valence-corrected chi connectivity index (χ1v) is 6.56. The van der Waals surface area contributed by atoms with Crippen LogP contribution in [0.3, 0.4) is 0 Å². The molecule has 1 aromatic rings. The molecule has 0 saturated carbocycles. The van der Waals surface area contributed by atoms with Crippen LogP contribution in [0.15, 0.2) is 24.3 Å². The van der Waals surface area contributed by atoms with Crippen LogP contribution in [0.25, 0.3) is 0 Å². The highest BCUT2D eigenvalue weighted by molar-refractivity contribution is 5.85. The van der Waals surface area contributed by atoms with Gasteiger partial charge < -0.3 is 14.4 Å². The second-order valence-electron chi connectivity index (χ2n) is 4.51. The van der Waals surface area contributed by atoms with E-state index in [0.29, 0.717) is 12.3 Å². The first-order valence-electron chi connectivity index (χ1n) is 6.56. The molecule has 0 fully saturated rings. The van der Waals surface area contributed by atoms with Crippen molar-refractivity contribution >= 4 is 11.9 Å². The van der Waals surface area contributed by atoms with Gasteiger partial charge in [0.25, 0.3) is 5.91 Å². The highest BCUT2D eigenvalue weighted by atomic mass is 16.5. The van der Waals surface area contributed by atoms with Gasteiger partial charge in [-0.3, -0.25) is 9.59 Å². The Balaban J connectivity index is 2.67. The Hall–Kier alpha value is -2.04. The van der Waals surface area contributed by atoms with Gasteiger partial charge in [0.05, 0.1) is 7.11 Å². The highest BCUT2D eigenvalue weighted by Gasteiger charge is 2.23. The fourth-order valence-electron chi connectivity index (χ4n) is 1.77. The third-order valence-electron chi connectivity index (χ3n) is 2.89. The Morgan fingerprint density at radius 2 is 2.05 bits per heavy atom. The molecular formula is C15H21NO4. The van der Waals surface area contributed by atoms with Crippen LogP contribution in [0.5, 0.6) is 5.75 Å². The van der Waals surface area contributed by atoms with Crippen molar-refractivity contribution in [2.24, 2.45) is 0 Å². The van der Waals surface area contributed by atoms with Gasteiger partial charge in [0, 0.05) is 6.54 Å². The van der Waals surface area contributed by atoms with Crippen LogP contribution >= 0.6 is 0 Å². The van der Waals surface area contributed by atoms with E-state index in [4.69, 9.17) is 4.74 Å². The number of ether oxygens (including phenoxy) is 2. The monoisotopic (exact) mass is 279 g/mol. The van der Waals surface area contributed by atoms with Crippen LogP contribution in [-0.4, -0.2) is 43.1 Å². The summed E-state index contributed by atoms with van der Waals surface area (Å²) in [6.07, 6.45) is -0.651. The van der Waals surface area contributed by atoms with E-state index in [9.17, 15) is 9.59 Å². The molecule has 0 aliphatic carbocycles. The van der Waals surface area contributed by atoms with Gasteiger partial charge in [-0.1, -0.05) is 12.1 Å². The summed E-state index contributed by atoms with van der Waals surface area (Å²) < 4.78 is 10.2. The summed E-state index contributed by atoms with van der Waals surface area (Å²) >= 11 is 0. The fourth-order valence-corrected chi connectivity index (χ4v) is 1.77. The van der Waals surface area contributed by atoms with Crippen molar-refractivity contribution < 1.29 is 19.1 Å². The van der Waals surface area contributed by atoms with Gasteiger partial charge in [-0.2, -0.15) is 0 Å². The first-order chi connectivity index (χ1) is 9.47. The highest BCUT2D eigenvalue weighted by Crippen LogP contribution is 2.15. The summed E-state index contributed by atoms with van der Waals surface area (Å²) in [7, 11) is 1.30. The molecule has 0 aromatic heterocycles. The number of likely N-dealkylation sites (N-methyl/N-ethyl adjacent to an activating group) is 1. The quantitative estimate of drug-likeness (QED) is 0.745. The van der Waals surface area contributed by atoms with E-state index in [1.807, 2.05) is 25.1 Å². The van der Waals surface area contributed by atoms with Gasteiger partial charge in [-0.05, 0) is 38.5 Å². The third-order valence-corrected chi connectivity index (χ3v) is 2.89. The van der Waals surface area contributed by atoms with Gasteiger partial charge in [-0.25, -0.2) is 0 Å². The van der Waals surface area contributed by atoms with E-state index in [1.54, 1.807) is 19.9 Å². The zero-order valence-electron chi connectivity index (χ0n) is 12.4. The molecule has 0 aliphatic heterocycles. The number of hydrogen-bond acceptors (Lipinski definition) is 4. The lowest BCUT2D eigenvalue weighted by atomic mass is 10.2. The Bertz CT molecular complexity index is 473. The zero-order valence-corrected chi connectivity index (χ0v) is 12.4. The molecule has 0 radical (unpaired) electrons. The van der Waals surface area contributed by atoms with Crippen molar-refractivity contribution in [1.29, 1.82) is 0 Å². The van der Waals surface area contributed by atoms with Crippen molar-refractivity contribution in [2.75, 3.05) is 20.2 Å². The molecule has 1 unspecified atom stereocenters. The Labute approximate surface area is 119 Å². The smallest absolute Gasteiger partial charge is 0.325 e. The van der Waals surface area contributed by atoms with Crippen molar-refractivity contribution in [3.8, 4) is 5.75 Å². The first kappa shape index (κ1) is 16.0.